The molecule has 0 radical (unpaired) electrons. The maximum absolute atomic E-state index is 14.1. The van der Waals surface area contributed by atoms with Crippen LogP contribution in [-0.4, -0.2) is 50.0 Å². The minimum Gasteiger partial charge on any atom is -0.352 e. The Labute approximate surface area is 254 Å². The van der Waals surface area contributed by atoms with Gasteiger partial charge in [0.05, 0.1) is 11.9 Å². The summed E-state index contributed by atoms with van der Waals surface area (Å²) in [6.07, 6.45) is 1.93. The van der Waals surface area contributed by atoms with Crippen molar-refractivity contribution in [1.29, 1.82) is 0 Å². The van der Waals surface area contributed by atoms with Gasteiger partial charge in [-0.3, -0.25) is 13.9 Å². The number of nitrogens with one attached hydrogen (secondary N) is 1. The molecule has 7 nitrogen and oxygen atoms in total. The number of benzene rings is 3. The largest absolute Gasteiger partial charge is 0.352 e. The topological polar surface area (TPSA) is 86.8 Å². The number of hydrogen-bond donors (Lipinski definition) is 1. The molecule has 40 heavy (non-hydrogen) atoms. The molecule has 11 heteroatoms. The average Bonchev–Trinajstić information content (AvgIpc) is 2.90. The fourth-order valence-corrected chi connectivity index (χ4v) is 5.84. The highest BCUT2D eigenvalue weighted by molar-refractivity contribution is 9.10. The summed E-state index contributed by atoms with van der Waals surface area (Å²) in [5.74, 6) is -0.940. The summed E-state index contributed by atoms with van der Waals surface area (Å²) in [4.78, 5) is 29.2. The standard InChI is InChI=1S/C29H32BrCl2N3O4S/c1-4-20(2)33-29(37)27(16-21-10-6-5-7-11-21)34(18-24-25(31)14-9-15-26(24)32)28(36)19-35(40(3,38)39)23-13-8-12-22(30)17-23/h5-15,17,20,27H,4,16,18-19H2,1-3H3,(H,33,37)/t20-,27+/m1/s1. The van der Waals surface area contributed by atoms with Gasteiger partial charge in [0.1, 0.15) is 12.6 Å². The summed E-state index contributed by atoms with van der Waals surface area (Å²) in [6, 6.07) is 19.9. The fraction of sp³-hybridized carbons (Fsp3) is 0.310. The number of anilines is 1. The highest BCUT2D eigenvalue weighted by atomic mass is 79.9. The van der Waals surface area contributed by atoms with Crippen molar-refractivity contribution < 1.29 is 18.0 Å². The third-order valence-corrected chi connectivity index (χ3v) is 8.78. The summed E-state index contributed by atoms with van der Waals surface area (Å²) < 4.78 is 27.4. The summed E-state index contributed by atoms with van der Waals surface area (Å²) in [5.41, 5.74) is 1.60. The predicted octanol–water partition coefficient (Wildman–Crippen LogP) is 6.08. The lowest BCUT2D eigenvalue weighted by Crippen LogP contribution is -2.54. The van der Waals surface area contributed by atoms with Crippen LogP contribution in [0.4, 0.5) is 5.69 Å². The molecule has 2 amide bonds. The number of amides is 2. The molecule has 0 fully saturated rings. The Morgan fingerprint density at radius 3 is 2.17 bits per heavy atom. The van der Waals surface area contributed by atoms with Crippen molar-refractivity contribution in [2.75, 3.05) is 17.1 Å². The van der Waals surface area contributed by atoms with Gasteiger partial charge in [-0.05, 0) is 49.2 Å². The first-order valence-corrected chi connectivity index (χ1v) is 16.1. The van der Waals surface area contributed by atoms with E-state index in [2.05, 4.69) is 21.2 Å². The Morgan fingerprint density at radius 1 is 0.975 bits per heavy atom. The van der Waals surface area contributed by atoms with E-state index in [1.165, 1.54) is 4.90 Å². The van der Waals surface area contributed by atoms with E-state index >= 15 is 0 Å². The van der Waals surface area contributed by atoms with Crippen LogP contribution in [0.3, 0.4) is 0 Å². The van der Waals surface area contributed by atoms with Crippen LogP contribution in [0.2, 0.25) is 10.0 Å². The van der Waals surface area contributed by atoms with Crippen molar-refractivity contribution in [3.63, 3.8) is 0 Å². The number of hydrogen-bond acceptors (Lipinski definition) is 4. The molecule has 3 aromatic carbocycles. The number of carbonyl (C=O) groups is 2. The molecule has 0 spiro atoms. The summed E-state index contributed by atoms with van der Waals surface area (Å²) in [7, 11) is -3.87. The smallest absolute Gasteiger partial charge is 0.244 e. The van der Waals surface area contributed by atoms with E-state index in [0.717, 1.165) is 16.1 Å². The van der Waals surface area contributed by atoms with Crippen molar-refractivity contribution >= 4 is 66.7 Å². The van der Waals surface area contributed by atoms with Gasteiger partial charge < -0.3 is 10.2 Å². The number of carbonyl (C=O) groups excluding carboxylic acids is 2. The fourth-order valence-electron chi connectivity index (χ4n) is 4.09. The third-order valence-electron chi connectivity index (χ3n) is 6.44. The lowest BCUT2D eigenvalue weighted by Gasteiger charge is -2.34. The van der Waals surface area contributed by atoms with Crippen molar-refractivity contribution in [3.8, 4) is 0 Å². The first-order valence-electron chi connectivity index (χ1n) is 12.7. The zero-order valence-corrected chi connectivity index (χ0v) is 26.4. The number of nitrogens with zero attached hydrogens (tertiary/aromatic N) is 2. The van der Waals surface area contributed by atoms with Gasteiger partial charge in [-0.25, -0.2) is 8.42 Å². The zero-order valence-electron chi connectivity index (χ0n) is 22.5. The van der Waals surface area contributed by atoms with Gasteiger partial charge >= 0.3 is 0 Å². The molecule has 0 aliphatic heterocycles. The van der Waals surface area contributed by atoms with Gasteiger partial charge in [-0.2, -0.15) is 0 Å². The van der Waals surface area contributed by atoms with Crippen LogP contribution in [0.15, 0.2) is 77.3 Å². The lowest BCUT2D eigenvalue weighted by atomic mass is 10.0. The van der Waals surface area contributed by atoms with E-state index in [9.17, 15) is 18.0 Å². The van der Waals surface area contributed by atoms with Gasteiger partial charge in [-0.1, -0.05) is 88.5 Å². The first kappa shape index (κ1) is 31.9. The van der Waals surface area contributed by atoms with Gasteiger partial charge in [0.25, 0.3) is 0 Å². The summed E-state index contributed by atoms with van der Waals surface area (Å²) in [6.45, 7) is 3.21. The molecule has 1 N–H and O–H groups in total. The average molecular weight is 669 g/mol. The molecule has 0 aliphatic carbocycles. The van der Waals surface area contributed by atoms with Crippen LogP contribution in [0.25, 0.3) is 0 Å². The quantitative estimate of drug-likeness (QED) is 0.254. The Morgan fingerprint density at radius 2 is 1.60 bits per heavy atom. The third kappa shape index (κ3) is 8.70. The van der Waals surface area contributed by atoms with E-state index in [1.54, 1.807) is 42.5 Å². The van der Waals surface area contributed by atoms with Crippen molar-refractivity contribution in [3.05, 3.63) is 98.4 Å². The van der Waals surface area contributed by atoms with Gasteiger partial charge in [-0.15, -0.1) is 0 Å². The molecule has 0 unspecified atom stereocenters. The molecule has 0 saturated heterocycles. The summed E-state index contributed by atoms with van der Waals surface area (Å²) >= 11 is 16.3. The molecule has 3 aromatic rings. The second-order valence-electron chi connectivity index (χ2n) is 9.49. The van der Waals surface area contributed by atoms with E-state index in [-0.39, 0.29) is 24.9 Å². The van der Waals surface area contributed by atoms with Gasteiger partial charge in [0.2, 0.25) is 21.8 Å². The molecule has 2 atom stereocenters. The lowest BCUT2D eigenvalue weighted by molar-refractivity contribution is -0.140. The van der Waals surface area contributed by atoms with E-state index in [4.69, 9.17) is 23.2 Å². The monoisotopic (exact) mass is 667 g/mol. The van der Waals surface area contributed by atoms with Gasteiger partial charge in [0, 0.05) is 39.1 Å². The molecular weight excluding hydrogens is 637 g/mol. The second-order valence-corrected chi connectivity index (χ2v) is 13.1. The van der Waals surface area contributed by atoms with Crippen LogP contribution >= 0.6 is 39.1 Å². The minimum atomic E-state index is -3.87. The molecule has 0 aromatic heterocycles. The SMILES string of the molecule is CC[C@@H](C)NC(=O)[C@H](Cc1ccccc1)N(Cc1c(Cl)cccc1Cl)C(=O)CN(c1cccc(Br)c1)S(C)(=O)=O. The van der Waals surface area contributed by atoms with Gasteiger partial charge in [0.15, 0.2) is 0 Å². The zero-order chi connectivity index (χ0) is 29.4. The molecule has 3 rings (SSSR count). The Balaban J connectivity index is 2.11. The van der Waals surface area contributed by atoms with E-state index in [0.29, 0.717) is 32.2 Å². The normalized spacial score (nSPS) is 12.8. The van der Waals surface area contributed by atoms with Crippen LogP contribution in [0.1, 0.15) is 31.4 Å². The van der Waals surface area contributed by atoms with Crippen molar-refractivity contribution in [1.82, 2.24) is 10.2 Å². The molecule has 0 saturated carbocycles. The molecule has 0 aliphatic rings. The molecule has 0 heterocycles. The summed E-state index contributed by atoms with van der Waals surface area (Å²) in [5, 5.41) is 3.65. The van der Waals surface area contributed by atoms with Crippen molar-refractivity contribution in [2.24, 2.45) is 0 Å². The highest BCUT2D eigenvalue weighted by Crippen LogP contribution is 2.28. The van der Waals surface area contributed by atoms with E-state index in [1.807, 2.05) is 44.2 Å². The van der Waals surface area contributed by atoms with Crippen LogP contribution in [-0.2, 0) is 32.6 Å². The van der Waals surface area contributed by atoms with E-state index < -0.39 is 28.5 Å². The number of sulfonamides is 1. The number of halogens is 3. The Bertz CT molecular complexity index is 1420. The van der Waals surface area contributed by atoms with Crippen LogP contribution in [0, 0.1) is 0 Å². The first-order chi connectivity index (χ1) is 18.9. The molecule has 214 valence electrons. The second kappa shape index (κ2) is 14.3. The van der Waals surface area contributed by atoms with Crippen molar-refractivity contribution in [2.45, 2.75) is 45.3 Å². The maximum atomic E-state index is 14.1. The maximum Gasteiger partial charge on any atom is 0.244 e. The highest BCUT2D eigenvalue weighted by Gasteiger charge is 2.34. The molecule has 0 bridgehead atoms. The minimum absolute atomic E-state index is 0.0984. The number of rotatable bonds is 12. The predicted molar refractivity (Wildman–Crippen MR) is 165 cm³/mol. The van der Waals surface area contributed by atoms with Crippen LogP contribution in [0.5, 0.6) is 0 Å². The molecular formula is C29H32BrCl2N3O4S. The Hall–Kier alpha value is -2.59. The Kier molecular flexibility index (Phi) is 11.5. The van der Waals surface area contributed by atoms with Crippen LogP contribution < -0.4 is 9.62 Å².